The summed E-state index contributed by atoms with van der Waals surface area (Å²) in [5, 5.41) is 3.19. The number of hydrogen-bond donors (Lipinski definition) is 1. The summed E-state index contributed by atoms with van der Waals surface area (Å²) in [6, 6.07) is 8.66. The molecule has 1 N–H and O–H groups in total. The van der Waals surface area contributed by atoms with Gasteiger partial charge in [-0.15, -0.1) is 12.4 Å². The van der Waals surface area contributed by atoms with E-state index >= 15 is 0 Å². The molecule has 0 amide bonds. The van der Waals surface area contributed by atoms with Crippen LogP contribution in [0.25, 0.3) is 0 Å². The van der Waals surface area contributed by atoms with Gasteiger partial charge >= 0.3 is 0 Å². The molecule has 0 fully saturated rings. The third-order valence-electron chi connectivity index (χ3n) is 1.80. The molecule has 0 heterocycles. The van der Waals surface area contributed by atoms with Crippen molar-refractivity contribution >= 4 is 28.3 Å². The summed E-state index contributed by atoms with van der Waals surface area (Å²) >= 11 is 3.50. The molecule has 0 saturated carbocycles. The third kappa shape index (κ3) is 2.77. The highest BCUT2D eigenvalue weighted by atomic mass is 79.9. The number of rotatable bonds is 2. The highest BCUT2D eigenvalue weighted by Crippen LogP contribution is 2.21. The molecular formula is C9H13BrClN. The summed E-state index contributed by atoms with van der Waals surface area (Å²) in [7, 11) is 1.96. The Hall–Kier alpha value is -0.0500. The van der Waals surface area contributed by atoms with Crippen LogP contribution in [0.15, 0.2) is 28.7 Å². The minimum absolute atomic E-state index is 0. The Kier molecular flexibility index (Phi) is 5.55. The lowest BCUT2D eigenvalue weighted by molar-refractivity contribution is 0.649. The smallest absolute Gasteiger partial charge is 0.0300 e. The molecule has 0 aliphatic heterocycles. The SMILES string of the molecule is CN[C@@H](C)c1ccccc1Br.Cl. The predicted molar refractivity (Wildman–Crippen MR) is 58.9 cm³/mol. The first-order chi connectivity index (χ1) is 5.25. The zero-order valence-corrected chi connectivity index (χ0v) is 9.58. The summed E-state index contributed by atoms with van der Waals surface area (Å²) in [6.07, 6.45) is 0. The molecule has 12 heavy (non-hydrogen) atoms. The highest BCUT2D eigenvalue weighted by Gasteiger charge is 2.04. The summed E-state index contributed by atoms with van der Waals surface area (Å²) < 4.78 is 1.17. The van der Waals surface area contributed by atoms with Crippen LogP contribution < -0.4 is 5.32 Å². The van der Waals surface area contributed by atoms with Gasteiger partial charge in [0.2, 0.25) is 0 Å². The Balaban J connectivity index is 0.00000121. The molecule has 0 unspecified atom stereocenters. The van der Waals surface area contributed by atoms with E-state index in [1.807, 2.05) is 19.2 Å². The van der Waals surface area contributed by atoms with Crippen LogP contribution in [0.1, 0.15) is 18.5 Å². The Labute approximate surface area is 88.1 Å². The van der Waals surface area contributed by atoms with Crippen molar-refractivity contribution in [3.05, 3.63) is 34.3 Å². The Bertz CT molecular complexity index is 240. The summed E-state index contributed by atoms with van der Waals surface area (Å²) in [5.41, 5.74) is 1.30. The van der Waals surface area contributed by atoms with Gasteiger partial charge in [0, 0.05) is 10.5 Å². The van der Waals surface area contributed by atoms with Crippen LogP contribution in [0, 0.1) is 0 Å². The van der Waals surface area contributed by atoms with Gasteiger partial charge in [0.1, 0.15) is 0 Å². The van der Waals surface area contributed by atoms with Crippen molar-refractivity contribution in [3.8, 4) is 0 Å². The average molecular weight is 251 g/mol. The van der Waals surface area contributed by atoms with Gasteiger partial charge in [-0.05, 0) is 25.6 Å². The van der Waals surface area contributed by atoms with E-state index in [0.29, 0.717) is 6.04 Å². The molecule has 1 atom stereocenters. The lowest BCUT2D eigenvalue weighted by Gasteiger charge is -2.11. The maximum Gasteiger partial charge on any atom is 0.0300 e. The standard InChI is InChI=1S/C9H12BrN.ClH/c1-7(11-2)8-5-3-4-6-9(8)10;/h3-7,11H,1-2H3;1H/t7-;/m0./s1. The highest BCUT2D eigenvalue weighted by molar-refractivity contribution is 9.10. The number of benzene rings is 1. The lowest BCUT2D eigenvalue weighted by atomic mass is 10.1. The van der Waals surface area contributed by atoms with E-state index in [9.17, 15) is 0 Å². The van der Waals surface area contributed by atoms with Crippen molar-refractivity contribution in [2.45, 2.75) is 13.0 Å². The van der Waals surface area contributed by atoms with Crippen molar-refractivity contribution in [3.63, 3.8) is 0 Å². The fourth-order valence-corrected chi connectivity index (χ4v) is 1.61. The number of halogens is 2. The molecule has 0 aromatic heterocycles. The molecule has 0 aliphatic rings. The van der Waals surface area contributed by atoms with E-state index in [1.165, 1.54) is 10.0 Å². The first-order valence-corrected chi connectivity index (χ1v) is 4.46. The quantitative estimate of drug-likeness (QED) is 0.850. The van der Waals surface area contributed by atoms with Crippen molar-refractivity contribution in [1.82, 2.24) is 5.32 Å². The van der Waals surface area contributed by atoms with Crippen LogP contribution in [0.4, 0.5) is 0 Å². The van der Waals surface area contributed by atoms with Crippen molar-refractivity contribution in [2.75, 3.05) is 7.05 Å². The van der Waals surface area contributed by atoms with Gasteiger partial charge in [-0.25, -0.2) is 0 Å². The molecule has 0 aliphatic carbocycles. The summed E-state index contributed by atoms with van der Waals surface area (Å²) in [4.78, 5) is 0. The van der Waals surface area contributed by atoms with Gasteiger partial charge in [0.25, 0.3) is 0 Å². The van der Waals surface area contributed by atoms with Gasteiger partial charge in [0.15, 0.2) is 0 Å². The van der Waals surface area contributed by atoms with Gasteiger partial charge in [-0.1, -0.05) is 34.1 Å². The molecule has 1 rings (SSSR count). The van der Waals surface area contributed by atoms with Gasteiger partial charge < -0.3 is 5.32 Å². The van der Waals surface area contributed by atoms with Crippen molar-refractivity contribution in [1.29, 1.82) is 0 Å². The second-order valence-corrected chi connectivity index (χ2v) is 3.39. The van der Waals surface area contributed by atoms with E-state index in [0.717, 1.165) is 0 Å². The molecule has 1 nitrogen and oxygen atoms in total. The molecule has 3 heteroatoms. The third-order valence-corrected chi connectivity index (χ3v) is 2.53. The Morgan fingerprint density at radius 1 is 1.33 bits per heavy atom. The minimum Gasteiger partial charge on any atom is -0.313 e. The maximum atomic E-state index is 3.50. The van der Waals surface area contributed by atoms with Crippen LogP contribution in [-0.2, 0) is 0 Å². The second kappa shape index (κ2) is 5.57. The molecule has 68 valence electrons. The van der Waals surface area contributed by atoms with Crippen molar-refractivity contribution < 1.29 is 0 Å². The van der Waals surface area contributed by atoms with E-state index in [1.54, 1.807) is 0 Å². The molecule has 1 aromatic rings. The molecule has 0 saturated heterocycles. The Morgan fingerprint density at radius 2 is 1.92 bits per heavy atom. The van der Waals surface area contributed by atoms with Crippen molar-refractivity contribution in [2.24, 2.45) is 0 Å². The fraction of sp³-hybridized carbons (Fsp3) is 0.333. The topological polar surface area (TPSA) is 12.0 Å². The first kappa shape index (κ1) is 11.9. The van der Waals surface area contributed by atoms with Gasteiger partial charge in [-0.2, -0.15) is 0 Å². The zero-order valence-electron chi connectivity index (χ0n) is 7.17. The summed E-state index contributed by atoms with van der Waals surface area (Å²) in [6.45, 7) is 2.14. The second-order valence-electron chi connectivity index (χ2n) is 2.53. The van der Waals surface area contributed by atoms with Crippen LogP contribution >= 0.6 is 28.3 Å². The zero-order chi connectivity index (χ0) is 8.27. The lowest BCUT2D eigenvalue weighted by Crippen LogP contribution is -2.12. The van der Waals surface area contributed by atoms with Gasteiger partial charge in [0.05, 0.1) is 0 Å². The monoisotopic (exact) mass is 249 g/mol. The van der Waals surface area contributed by atoms with Crippen LogP contribution in [0.2, 0.25) is 0 Å². The largest absolute Gasteiger partial charge is 0.313 e. The maximum absolute atomic E-state index is 3.50. The minimum atomic E-state index is 0. The number of hydrogen-bond acceptors (Lipinski definition) is 1. The normalized spacial score (nSPS) is 11.9. The number of nitrogens with one attached hydrogen (secondary N) is 1. The van der Waals surface area contributed by atoms with Crippen LogP contribution in [-0.4, -0.2) is 7.05 Å². The van der Waals surface area contributed by atoms with E-state index in [-0.39, 0.29) is 12.4 Å². The summed E-state index contributed by atoms with van der Waals surface area (Å²) in [5.74, 6) is 0. The molecule has 1 aromatic carbocycles. The first-order valence-electron chi connectivity index (χ1n) is 3.67. The molecule has 0 spiro atoms. The fourth-order valence-electron chi connectivity index (χ4n) is 0.982. The van der Waals surface area contributed by atoms with Crippen LogP contribution in [0.5, 0.6) is 0 Å². The van der Waals surface area contributed by atoms with Gasteiger partial charge in [-0.3, -0.25) is 0 Å². The van der Waals surface area contributed by atoms with E-state index < -0.39 is 0 Å². The van der Waals surface area contributed by atoms with Crippen LogP contribution in [0.3, 0.4) is 0 Å². The van der Waals surface area contributed by atoms with E-state index in [4.69, 9.17) is 0 Å². The molecule has 0 radical (unpaired) electrons. The Morgan fingerprint density at radius 3 is 2.42 bits per heavy atom. The average Bonchev–Trinajstić information content (AvgIpc) is 2.04. The molecule has 0 bridgehead atoms. The predicted octanol–water partition coefficient (Wildman–Crippen LogP) is 3.15. The van der Waals surface area contributed by atoms with E-state index in [2.05, 4.69) is 40.3 Å². The molecular weight excluding hydrogens is 237 g/mol.